The topological polar surface area (TPSA) is 59.3 Å². The number of carboxylic acids is 1. The highest BCUT2D eigenvalue weighted by molar-refractivity contribution is 5.85. The Labute approximate surface area is 74.7 Å². The van der Waals surface area contributed by atoms with Crippen LogP contribution in [0.4, 0.5) is 0 Å². The summed E-state index contributed by atoms with van der Waals surface area (Å²) in [6.45, 7) is 0. The predicted molar refractivity (Wildman–Crippen MR) is 48.4 cm³/mol. The number of nitrogens with zero attached hydrogens (tertiary/aromatic N) is 1. The smallest absolute Gasteiger partial charge is 0.328 e. The van der Waals surface area contributed by atoms with Gasteiger partial charge in [0.05, 0.1) is 0 Å². The van der Waals surface area contributed by atoms with Crippen LogP contribution < -0.4 is 5.56 Å². The number of rotatable bonds is 2. The third-order valence-electron chi connectivity index (χ3n) is 1.55. The standard InChI is InChI=1S/C9H9NO3/c1-10-5-4-7(6-8(10)11)2-3-9(12)13/h2-6H,1H3,(H,12,13)/b3-2+. The van der Waals surface area contributed by atoms with Gasteiger partial charge in [0.2, 0.25) is 0 Å². The first-order valence-electron chi connectivity index (χ1n) is 3.67. The van der Waals surface area contributed by atoms with Gasteiger partial charge in [0.1, 0.15) is 0 Å². The van der Waals surface area contributed by atoms with Crippen molar-refractivity contribution in [3.05, 3.63) is 40.3 Å². The Morgan fingerprint density at radius 2 is 2.31 bits per heavy atom. The van der Waals surface area contributed by atoms with Gasteiger partial charge in [-0.1, -0.05) is 0 Å². The third kappa shape index (κ3) is 2.59. The summed E-state index contributed by atoms with van der Waals surface area (Å²) < 4.78 is 1.41. The average Bonchev–Trinajstić information content (AvgIpc) is 2.07. The van der Waals surface area contributed by atoms with Crippen molar-refractivity contribution in [3.8, 4) is 0 Å². The Morgan fingerprint density at radius 1 is 1.62 bits per heavy atom. The highest BCUT2D eigenvalue weighted by Crippen LogP contribution is 1.96. The van der Waals surface area contributed by atoms with Crippen molar-refractivity contribution < 1.29 is 9.90 Å². The number of aryl methyl sites for hydroxylation is 1. The summed E-state index contributed by atoms with van der Waals surface area (Å²) in [4.78, 5) is 21.2. The highest BCUT2D eigenvalue weighted by atomic mass is 16.4. The fourth-order valence-corrected chi connectivity index (χ4v) is 0.835. The van der Waals surface area contributed by atoms with Crippen LogP contribution in [0.25, 0.3) is 6.08 Å². The largest absolute Gasteiger partial charge is 0.478 e. The maximum absolute atomic E-state index is 11.1. The fourth-order valence-electron chi connectivity index (χ4n) is 0.835. The lowest BCUT2D eigenvalue weighted by molar-refractivity contribution is -0.131. The Bertz CT molecular complexity index is 404. The number of carboxylic acid groups (broad SMARTS) is 1. The lowest BCUT2D eigenvalue weighted by atomic mass is 10.2. The second-order valence-electron chi connectivity index (χ2n) is 2.58. The monoisotopic (exact) mass is 179 g/mol. The average molecular weight is 179 g/mol. The van der Waals surface area contributed by atoms with E-state index in [1.807, 2.05) is 0 Å². The minimum absolute atomic E-state index is 0.160. The molecule has 4 heteroatoms. The number of hydrogen-bond acceptors (Lipinski definition) is 2. The first kappa shape index (κ1) is 9.25. The van der Waals surface area contributed by atoms with E-state index in [0.717, 1.165) is 6.08 Å². The van der Waals surface area contributed by atoms with Gasteiger partial charge in [0.15, 0.2) is 0 Å². The van der Waals surface area contributed by atoms with E-state index in [2.05, 4.69) is 0 Å². The SMILES string of the molecule is Cn1ccc(/C=C/C(=O)O)cc1=O. The quantitative estimate of drug-likeness (QED) is 0.672. The van der Waals surface area contributed by atoms with Gasteiger partial charge in [-0.15, -0.1) is 0 Å². The number of aromatic nitrogens is 1. The minimum atomic E-state index is -1.03. The molecule has 0 aliphatic carbocycles. The Balaban J connectivity index is 2.98. The predicted octanol–water partition coefficient (Wildman–Crippen LogP) is 0.483. The van der Waals surface area contributed by atoms with E-state index < -0.39 is 5.97 Å². The summed E-state index contributed by atoms with van der Waals surface area (Å²) in [6.07, 6.45) is 3.96. The zero-order valence-electron chi connectivity index (χ0n) is 7.10. The number of carbonyl (C=O) groups is 1. The molecule has 0 atom stereocenters. The summed E-state index contributed by atoms with van der Waals surface area (Å²) in [5, 5.41) is 8.33. The minimum Gasteiger partial charge on any atom is -0.478 e. The van der Waals surface area contributed by atoms with E-state index in [4.69, 9.17) is 5.11 Å². The van der Waals surface area contributed by atoms with Gasteiger partial charge in [-0.2, -0.15) is 0 Å². The number of pyridine rings is 1. The second-order valence-corrected chi connectivity index (χ2v) is 2.58. The molecule has 0 aromatic carbocycles. The van der Waals surface area contributed by atoms with Crippen LogP contribution >= 0.6 is 0 Å². The van der Waals surface area contributed by atoms with Crippen molar-refractivity contribution in [2.24, 2.45) is 7.05 Å². The van der Waals surface area contributed by atoms with Gasteiger partial charge in [0, 0.05) is 25.4 Å². The van der Waals surface area contributed by atoms with Crippen LogP contribution in [-0.2, 0) is 11.8 Å². The second kappa shape index (κ2) is 3.71. The van der Waals surface area contributed by atoms with E-state index in [0.29, 0.717) is 5.56 Å². The zero-order chi connectivity index (χ0) is 9.84. The molecule has 0 radical (unpaired) electrons. The van der Waals surface area contributed by atoms with E-state index in [-0.39, 0.29) is 5.56 Å². The van der Waals surface area contributed by atoms with E-state index >= 15 is 0 Å². The Morgan fingerprint density at radius 3 is 2.85 bits per heavy atom. The van der Waals surface area contributed by atoms with E-state index in [1.165, 1.54) is 16.7 Å². The number of aliphatic carboxylic acids is 1. The molecule has 0 saturated heterocycles. The molecule has 0 unspecified atom stereocenters. The normalized spacial score (nSPS) is 10.5. The van der Waals surface area contributed by atoms with Crippen molar-refractivity contribution >= 4 is 12.0 Å². The lowest BCUT2D eigenvalue weighted by Gasteiger charge is -1.95. The molecule has 0 bridgehead atoms. The highest BCUT2D eigenvalue weighted by Gasteiger charge is 1.92. The van der Waals surface area contributed by atoms with Gasteiger partial charge in [0.25, 0.3) is 5.56 Å². The first-order valence-corrected chi connectivity index (χ1v) is 3.67. The Kier molecular flexibility index (Phi) is 2.64. The molecule has 0 spiro atoms. The van der Waals surface area contributed by atoms with Crippen molar-refractivity contribution in [2.75, 3.05) is 0 Å². The van der Waals surface area contributed by atoms with Crippen molar-refractivity contribution in [2.45, 2.75) is 0 Å². The van der Waals surface area contributed by atoms with Crippen LogP contribution in [0.3, 0.4) is 0 Å². The van der Waals surface area contributed by atoms with Crippen molar-refractivity contribution in [1.82, 2.24) is 4.57 Å². The molecule has 1 aromatic rings. The van der Waals surface area contributed by atoms with Crippen LogP contribution in [0.1, 0.15) is 5.56 Å². The van der Waals surface area contributed by atoms with Crippen LogP contribution in [0.2, 0.25) is 0 Å². The molecule has 0 aliphatic heterocycles. The molecule has 13 heavy (non-hydrogen) atoms. The molecule has 0 saturated carbocycles. The van der Waals surface area contributed by atoms with Crippen molar-refractivity contribution in [3.63, 3.8) is 0 Å². The van der Waals surface area contributed by atoms with Crippen LogP contribution in [0.15, 0.2) is 29.2 Å². The molecule has 0 fully saturated rings. The third-order valence-corrected chi connectivity index (χ3v) is 1.55. The molecular formula is C9H9NO3. The van der Waals surface area contributed by atoms with Gasteiger partial charge >= 0.3 is 5.97 Å². The zero-order valence-corrected chi connectivity index (χ0v) is 7.10. The molecule has 0 amide bonds. The van der Waals surface area contributed by atoms with Crippen LogP contribution in [-0.4, -0.2) is 15.6 Å². The summed E-state index contributed by atoms with van der Waals surface area (Å²) in [7, 11) is 1.63. The molecule has 68 valence electrons. The molecule has 1 heterocycles. The molecule has 4 nitrogen and oxygen atoms in total. The number of hydrogen-bond donors (Lipinski definition) is 1. The molecular weight excluding hydrogens is 170 g/mol. The summed E-state index contributed by atoms with van der Waals surface area (Å²) in [6, 6.07) is 3.04. The van der Waals surface area contributed by atoms with Crippen LogP contribution in [0.5, 0.6) is 0 Å². The summed E-state index contributed by atoms with van der Waals surface area (Å²) in [5.41, 5.74) is 0.429. The summed E-state index contributed by atoms with van der Waals surface area (Å²) in [5.74, 6) is -1.03. The van der Waals surface area contributed by atoms with Crippen LogP contribution in [0, 0.1) is 0 Å². The Hall–Kier alpha value is -1.84. The van der Waals surface area contributed by atoms with Gasteiger partial charge in [-0.05, 0) is 17.7 Å². The first-order chi connectivity index (χ1) is 6.09. The lowest BCUT2D eigenvalue weighted by Crippen LogP contribution is -2.14. The van der Waals surface area contributed by atoms with Gasteiger partial charge in [-0.25, -0.2) is 4.79 Å². The summed E-state index contributed by atoms with van der Waals surface area (Å²) >= 11 is 0. The van der Waals surface area contributed by atoms with E-state index in [9.17, 15) is 9.59 Å². The maximum atomic E-state index is 11.1. The van der Waals surface area contributed by atoms with Gasteiger partial charge < -0.3 is 9.67 Å². The van der Waals surface area contributed by atoms with Gasteiger partial charge in [-0.3, -0.25) is 4.79 Å². The molecule has 1 aromatic heterocycles. The molecule has 1 rings (SSSR count). The van der Waals surface area contributed by atoms with Crippen molar-refractivity contribution in [1.29, 1.82) is 0 Å². The maximum Gasteiger partial charge on any atom is 0.328 e. The molecule has 1 N–H and O–H groups in total. The fraction of sp³-hybridized carbons (Fsp3) is 0.111. The molecule has 0 aliphatic rings. The van der Waals surface area contributed by atoms with E-state index in [1.54, 1.807) is 19.3 Å².